The lowest BCUT2D eigenvalue weighted by Gasteiger charge is -2.19. The molecule has 3 aromatic carbocycles. The summed E-state index contributed by atoms with van der Waals surface area (Å²) in [6.45, 7) is 6.62. The zero-order valence-electron chi connectivity index (χ0n) is 21.3. The van der Waals surface area contributed by atoms with Crippen molar-refractivity contribution in [1.82, 2.24) is 14.5 Å². The largest absolute Gasteiger partial charge is 0.493 e. The predicted molar refractivity (Wildman–Crippen MR) is 147 cm³/mol. The van der Waals surface area contributed by atoms with E-state index in [9.17, 15) is 0 Å². The summed E-state index contributed by atoms with van der Waals surface area (Å²) in [6, 6.07) is 23.1. The van der Waals surface area contributed by atoms with Gasteiger partial charge in [0.2, 0.25) is 0 Å². The Morgan fingerprint density at radius 2 is 1.83 bits per heavy atom. The second-order valence-corrected chi connectivity index (χ2v) is 10.3. The average Bonchev–Trinajstić information content (AvgIpc) is 3.42. The van der Waals surface area contributed by atoms with Crippen molar-refractivity contribution in [2.24, 2.45) is 0 Å². The highest BCUT2D eigenvalue weighted by atomic mass is 35.5. The highest BCUT2D eigenvalue weighted by Crippen LogP contribution is 2.34. The van der Waals surface area contributed by atoms with Gasteiger partial charge < -0.3 is 18.9 Å². The first-order valence-corrected chi connectivity index (χ1v) is 13.2. The number of hydrogen-bond donors (Lipinski definition) is 0. The number of hydrogen-bond acceptors (Lipinski definition) is 4. The minimum absolute atomic E-state index is 0.101. The maximum atomic E-state index is 6.83. The maximum Gasteiger partial charge on any atom is 0.142 e. The molecule has 6 heteroatoms. The Hall–Kier alpha value is -3.02. The molecular formula is C30H34ClN3O2. The predicted octanol–water partition coefficient (Wildman–Crippen LogP) is 7.06. The first kappa shape index (κ1) is 24.7. The maximum absolute atomic E-state index is 6.83. The van der Waals surface area contributed by atoms with Crippen LogP contribution >= 0.6 is 11.6 Å². The Balaban J connectivity index is 1.44. The molecule has 0 radical (unpaired) electrons. The second kappa shape index (κ2) is 10.9. The zero-order chi connectivity index (χ0) is 25.1. The number of imidazole rings is 1. The molecule has 0 aliphatic carbocycles. The molecule has 1 saturated heterocycles. The summed E-state index contributed by atoms with van der Waals surface area (Å²) < 4.78 is 14.2. The van der Waals surface area contributed by atoms with E-state index in [4.69, 9.17) is 26.1 Å². The van der Waals surface area contributed by atoms with Crippen molar-refractivity contribution >= 4 is 22.6 Å². The van der Waals surface area contributed by atoms with Crippen LogP contribution in [0.25, 0.3) is 22.4 Å². The lowest BCUT2D eigenvalue weighted by Crippen LogP contribution is -2.26. The summed E-state index contributed by atoms with van der Waals surface area (Å²) in [5, 5.41) is 0.633. The molecule has 2 heterocycles. The standard InChI is InChI=1S/C30H34ClN3O2/c1-21(2)36-25-12-14-29-28(19-25)32-30(34(29)20-22-8-5-4-6-9-22)26-13-11-24(18-27(26)31)35-17-15-23-10-7-16-33(23)3/h4-6,8-9,11-14,18-19,21,23H,7,10,15-17,20H2,1-3H3. The Morgan fingerprint density at radius 1 is 1.03 bits per heavy atom. The number of aromatic nitrogens is 2. The number of benzene rings is 3. The fraction of sp³-hybridized carbons (Fsp3) is 0.367. The van der Waals surface area contributed by atoms with E-state index in [-0.39, 0.29) is 6.10 Å². The lowest BCUT2D eigenvalue weighted by molar-refractivity contribution is 0.233. The van der Waals surface area contributed by atoms with Crippen molar-refractivity contribution in [3.05, 3.63) is 77.3 Å². The fourth-order valence-electron chi connectivity index (χ4n) is 5.01. The molecular weight excluding hydrogens is 470 g/mol. The molecule has 1 atom stereocenters. The second-order valence-electron chi connectivity index (χ2n) is 9.88. The minimum Gasteiger partial charge on any atom is -0.493 e. The van der Waals surface area contributed by atoms with Gasteiger partial charge in [-0.3, -0.25) is 0 Å². The first-order chi connectivity index (χ1) is 17.5. The molecule has 1 fully saturated rings. The summed E-state index contributed by atoms with van der Waals surface area (Å²) in [5.74, 6) is 2.44. The summed E-state index contributed by atoms with van der Waals surface area (Å²) >= 11 is 6.83. The summed E-state index contributed by atoms with van der Waals surface area (Å²) in [7, 11) is 2.20. The van der Waals surface area contributed by atoms with Gasteiger partial charge in [0.25, 0.3) is 0 Å². The highest BCUT2D eigenvalue weighted by molar-refractivity contribution is 6.33. The molecule has 1 aliphatic rings. The van der Waals surface area contributed by atoms with Gasteiger partial charge in [-0.25, -0.2) is 4.98 Å². The summed E-state index contributed by atoms with van der Waals surface area (Å²) in [6.07, 6.45) is 3.66. The monoisotopic (exact) mass is 503 g/mol. The number of rotatable bonds is 9. The molecule has 1 aliphatic heterocycles. The zero-order valence-corrected chi connectivity index (χ0v) is 22.0. The van der Waals surface area contributed by atoms with Gasteiger partial charge in [0.15, 0.2) is 0 Å². The number of halogens is 1. The van der Waals surface area contributed by atoms with Gasteiger partial charge in [-0.1, -0.05) is 41.9 Å². The van der Waals surface area contributed by atoms with E-state index < -0.39 is 0 Å². The fourth-order valence-corrected chi connectivity index (χ4v) is 5.27. The van der Waals surface area contributed by atoms with E-state index in [2.05, 4.69) is 46.8 Å². The van der Waals surface area contributed by atoms with Crippen LogP contribution in [0.3, 0.4) is 0 Å². The topological polar surface area (TPSA) is 39.5 Å². The Morgan fingerprint density at radius 3 is 2.56 bits per heavy atom. The van der Waals surface area contributed by atoms with E-state index in [0.29, 0.717) is 24.2 Å². The lowest BCUT2D eigenvalue weighted by atomic mass is 10.1. The van der Waals surface area contributed by atoms with Crippen molar-refractivity contribution < 1.29 is 9.47 Å². The van der Waals surface area contributed by atoms with Crippen LogP contribution in [-0.2, 0) is 6.54 Å². The van der Waals surface area contributed by atoms with Crippen molar-refractivity contribution in [2.45, 2.75) is 51.8 Å². The molecule has 0 amide bonds. The number of nitrogens with zero attached hydrogens (tertiary/aromatic N) is 3. The molecule has 1 aromatic heterocycles. The van der Waals surface area contributed by atoms with Crippen LogP contribution in [0.1, 0.15) is 38.7 Å². The van der Waals surface area contributed by atoms with E-state index in [1.807, 2.05) is 50.2 Å². The van der Waals surface area contributed by atoms with Gasteiger partial charge in [0.1, 0.15) is 17.3 Å². The summed E-state index contributed by atoms with van der Waals surface area (Å²) in [5.41, 5.74) is 4.02. The van der Waals surface area contributed by atoms with Crippen molar-refractivity contribution in [3.63, 3.8) is 0 Å². The first-order valence-electron chi connectivity index (χ1n) is 12.8. The van der Waals surface area contributed by atoms with Crippen LogP contribution in [0.4, 0.5) is 0 Å². The third-order valence-corrected chi connectivity index (χ3v) is 7.16. The van der Waals surface area contributed by atoms with Crippen LogP contribution in [0, 0.1) is 0 Å². The van der Waals surface area contributed by atoms with Crippen molar-refractivity contribution in [2.75, 3.05) is 20.2 Å². The molecule has 0 bridgehead atoms. The molecule has 1 unspecified atom stereocenters. The van der Waals surface area contributed by atoms with Crippen LogP contribution < -0.4 is 9.47 Å². The van der Waals surface area contributed by atoms with Gasteiger partial charge in [-0.2, -0.15) is 0 Å². The minimum atomic E-state index is 0.101. The molecule has 0 N–H and O–H groups in total. The Bertz CT molecular complexity index is 1320. The molecule has 188 valence electrons. The van der Waals surface area contributed by atoms with Crippen molar-refractivity contribution in [1.29, 1.82) is 0 Å². The number of likely N-dealkylation sites (tertiary alicyclic amines) is 1. The smallest absolute Gasteiger partial charge is 0.142 e. The molecule has 4 aromatic rings. The molecule has 0 saturated carbocycles. The van der Waals surface area contributed by atoms with Gasteiger partial charge in [0.05, 0.1) is 28.8 Å². The van der Waals surface area contributed by atoms with E-state index in [1.165, 1.54) is 24.9 Å². The number of fused-ring (bicyclic) bond motifs is 1. The van der Waals surface area contributed by atoms with E-state index >= 15 is 0 Å². The molecule has 36 heavy (non-hydrogen) atoms. The third kappa shape index (κ3) is 5.53. The molecule has 5 rings (SSSR count). The Labute approximate surface area is 218 Å². The van der Waals surface area contributed by atoms with Gasteiger partial charge in [-0.05, 0) is 82.6 Å². The van der Waals surface area contributed by atoms with E-state index in [0.717, 1.165) is 40.3 Å². The van der Waals surface area contributed by atoms with Crippen molar-refractivity contribution in [3.8, 4) is 22.9 Å². The highest BCUT2D eigenvalue weighted by Gasteiger charge is 2.21. The molecule has 0 spiro atoms. The quantitative estimate of drug-likeness (QED) is 0.245. The van der Waals surface area contributed by atoms with Gasteiger partial charge >= 0.3 is 0 Å². The Kier molecular flexibility index (Phi) is 7.49. The van der Waals surface area contributed by atoms with Gasteiger partial charge in [-0.15, -0.1) is 0 Å². The molecule has 5 nitrogen and oxygen atoms in total. The van der Waals surface area contributed by atoms with Crippen LogP contribution in [0.5, 0.6) is 11.5 Å². The average molecular weight is 504 g/mol. The third-order valence-electron chi connectivity index (χ3n) is 6.85. The van der Waals surface area contributed by atoms with Crippen LogP contribution in [0.2, 0.25) is 5.02 Å². The van der Waals surface area contributed by atoms with Crippen LogP contribution in [0.15, 0.2) is 66.7 Å². The van der Waals surface area contributed by atoms with E-state index in [1.54, 1.807) is 0 Å². The normalized spacial score (nSPS) is 16.2. The number of ether oxygens (including phenoxy) is 2. The van der Waals surface area contributed by atoms with Gasteiger partial charge in [0, 0.05) is 24.2 Å². The summed E-state index contributed by atoms with van der Waals surface area (Å²) in [4.78, 5) is 7.44. The SMILES string of the molecule is CC(C)Oc1ccc2c(c1)nc(-c1ccc(OCCC3CCCN3C)cc1Cl)n2Cc1ccccc1. The van der Waals surface area contributed by atoms with Crippen LogP contribution in [-0.4, -0.2) is 46.8 Å².